The van der Waals surface area contributed by atoms with Gasteiger partial charge in [-0.1, -0.05) is 47.8 Å². The van der Waals surface area contributed by atoms with Gasteiger partial charge in [0, 0.05) is 28.2 Å². The highest BCUT2D eigenvalue weighted by atomic mass is 35.5. The summed E-state index contributed by atoms with van der Waals surface area (Å²) < 4.78 is 39.5. The van der Waals surface area contributed by atoms with E-state index in [-0.39, 0.29) is 33.3 Å². The Kier molecular flexibility index (Phi) is 10.2. The number of anilines is 1. The minimum Gasteiger partial charge on any atom is -0.352 e. The second-order valence-corrected chi connectivity index (χ2v) is 11.2. The Balaban J connectivity index is 2.47. The molecule has 7 nitrogen and oxygen atoms in total. The third-order valence-electron chi connectivity index (χ3n) is 5.43. The van der Waals surface area contributed by atoms with Crippen LogP contribution >= 0.6 is 34.8 Å². The third kappa shape index (κ3) is 7.70. The van der Waals surface area contributed by atoms with Crippen molar-refractivity contribution in [3.05, 3.63) is 62.8 Å². The highest BCUT2D eigenvalue weighted by Gasteiger charge is 2.31. The number of rotatable bonds is 10. The Labute approximate surface area is 220 Å². The van der Waals surface area contributed by atoms with Gasteiger partial charge in [0.05, 0.1) is 17.0 Å². The summed E-state index contributed by atoms with van der Waals surface area (Å²) in [6.45, 7) is 4.45. The van der Waals surface area contributed by atoms with Gasteiger partial charge in [-0.3, -0.25) is 13.9 Å². The molecule has 0 aliphatic carbocycles. The Morgan fingerprint density at radius 2 is 1.66 bits per heavy atom. The van der Waals surface area contributed by atoms with Crippen molar-refractivity contribution in [2.24, 2.45) is 0 Å². The summed E-state index contributed by atoms with van der Waals surface area (Å²) in [5.41, 5.74) is 0.405. The standard InChI is InChI=1S/C23H27Cl3FN3O4S/c1-5-14(2)28-23(32)15(3)29(12-17-18(24)7-6-8-19(17)25)22(31)13-30(35(4,33)34)16-9-10-21(27)20(26)11-16/h6-11,14-15H,5,12-13H2,1-4H3,(H,28,32)/t14-,15+/m1/s1. The van der Waals surface area contributed by atoms with Gasteiger partial charge in [-0.05, 0) is 50.6 Å². The highest BCUT2D eigenvalue weighted by Crippen LogP contribution is 2.28. The second kappa shape index (κ2) is 12.3. The van der Waals surface area contributed by atoms with Gasteiger partial charge in [0.1, 0.15) is 18.4 Å². The van der Waals surface area contributed by atoms with E-state index >= 15 is 0 Å². The molecule has 0 spiro atoms. The Bertz CT molecular complexity index is 1180. The molecular formula is C23H27Cl3FN3O4S. The minimum absolute atomic E-state index is 0.000291. The summed E-state index contributed by atoms with van der Waals surface area (Å²) in [4.78, 5) is 27.6. The largest absolute Gasteiger partial charge is 0.352 e. The maximum absolute atomic E-state index is 13.7. The van der Waals surface area contributed by atoms with Crippen molar-refractivity contribution in [1.29, 1.82) is 0 Å². The molecule has 2 aromatic carbocycles. The number of sulfonamides is 1. The molecule has 0 heterocycles. The van der Waals surface area contributed by atoms with E-state index in [9.17, 15) is 22.4 Å². The molecule has 0 saturated carbocycles. The average Bonchev–Trinajstić information content (AvgIpc) is 2.77. The van der Waals surface area contributed by atoms with E-state index in [1.165, 1.54) is 17.9 Å². The van der Waals surface area contributed by atoms with Gasteiger partial charge >= 0.3 is 0 Å². The van der Waals surface area contributed by atoms with Crippen LogP contribution in [0.15, 0.2) is 36.4 Å². The number of nitrogens with zero attached hydrogens (tertiary/aromatic N) is 2. The molecule has 1 N–H and O–H groups in total. The van der Waals surface area contributed by atoms with E-state index < -0.39 is 40.2 Å². The van der Waals surface area contributed by atoms with E-state index in [0.29, 0.717) is 12.0 Å². The maximum Gasteiger partial charge on any atom is 0.244 e. The van der Waals surface area contributed by atoms with Crippen molar-refractivity contribution in [2.45, 2.75) is 45.8 Å². The summed E-state index contributed by atoms with van der Waals surface area (Å²) in [5, 5.41) is 3.09. The molecule has 2 atom stereocenters. The van der Waals surface area contributed by atoms with E-state index in [0.717, 1.165) is 22.7 Å². The zero-order chi connectivity index (χ0) is 26.5. The fourth-order valence-corrected chi connectivity index (χ4v) is 4.69. The molecule has 35 heavy (non-hydrogen) atoms. The summed E-state index contributed by atoms with van der Waals surface area (Å²) >= 11 is 18.4. The van der Waals surface area contributed by atoms with Gasteiger partial charge in [-0.25, -0.2) is 12.8 Å². The smallest absolute Gasteiger partial charge is 0.244 e. The lowest BCUT2D eigenvalue weighted by Gasteiger charge is -2.32. The maximum atomic E-state index is 13.7. The van der Waals surface area contributed by atoms with Gasteiger partial charge in [-0.15, -0.1) is 0 Å². The number of carbonyl (C=O) groups excluding carboxylic acids is 2. The van der Waals surface area contributed by atoms with Crippen LogP contribution in [0.4, 0.5) is 10.1 Å². The minimum atomic E-state index is -3.98. The highest BCUT2D eigenvalue weighted by molar-refractivity contribution is 7.92. The predicted molar refractivity (Wildman–Crippen MR) is 138 cm³/mol. The number of halogens is 4. The molecule has 2 amide bonds. The number of benzene rings is 2. The summed E-state index contributed by atoms with van der Waals surface area (Å²) in [6, 6.07) is 7.02. The quantitative estimate of drug-likeness (QED) is 0.444. The van der Waals surface area contributed by atoms with Crippen LogP contribution in [-0.2, 0) is 26.2 Å². The molecule has 2 aromatic rings. The van der Waals surface area contributed by atoms with E-state index in [4.69, 9.17) is 34.8 Å². The Hall–Kier alpha value is -2.07. The SMILES string of the molecule is CC[C@@H](C)NC(=O)[C@H](C)N(Cc1c(Cl)cccc1Cl)C(=O)CN(c1ccc(F)c(Cl)c1)S(C)(=O)=O. The molecule has 12 heteroatoms. The second-order valence-electron chi connectivity index (χ2n) is 8.08. The van der Waals surface area contributed by atoms with Gasteiger partial charge in [0.2, 0.25) is 21.8 Å². The van der Waals surface area contributed by atoms with Crippen LogP contribution < -0.4 is 9.62 Å². The van der Waals surface area contributed by atoms with Crippen molar-refractivity contribution >= 4 is 62.3 Å². The van der Waals surface area contributed by atoms with Crippen LogP contribution in [0.2, 0.25) is 15.1 Å². The lowest BCUT2D eigenvalue weighted by Crippen LogP contribution is -2.52. The molecule has 0 fully saturated rings. The van der Waals surface area contributed by atoms with Crippen LogP contribution in [0.5, 0.6) is 0 Å². The monoisotopic (exact) mass is 565 g/mol. The number of hydrogen-bond acceptors (Lipinski definition) is 4. The topological polar surface area (TPSA) is 86.8 Å². The molecule has 2 rings (SSSR count). The molecule has 0 bridgehead atoms. The van der Waals surface area contributed by atoms with Crippen molar-refractivity contribution in [3.8, 4) is 0 Å². The van der Waals surface area contributed by atoms with Gasteiger partial charge in [0.15, 0.2) is 0 Å². The number of nitrogens with one attached hydrogen (secondary N) is 1. The predicted octanol–water partition coefficient (Wildman–Crippen LogP) is 4.88. The van der Waals surface area contributed by atoms with E-state index in [1.54, 1.807) is 18.2 Å². The molecule has 0 aliphatic heterocycles. The first-order valence-corrected chi connectivity index (χ1v) is 13.7. The average molecular weight is 567 g/mol. The normalized spacial score (nSPS) is 13.1. The van der Waals surface area contributed by atoms with Gasteiger partial charge in [0.25, 0.3) is 0 Å². The zero-order valence-electron chi connectivity index (χ0n) is 19.7. The fraction of sp³-hybridized carbons (Fsp3) is 0.391. The summed E-state index contributed by atoms with van der Waals surface area (Å²) in [5.74, 6) is -1.86. The van der Waals surface area contributed by atoms with Crippen LogP contribution in [0.3, 0.4) is 0 Å². The summed E-state index contributed by atoms with van der Waals surface area (Å²) in [7, 11) is -3.98. The lowest BCUT2D eigenvalue weighted by atomic mass is 10.1. The van der Waals surface area contributed by atoms with Gasteiger partial charge < -0.3 is 10.2 Å². The molecule has 0 aliphatic rings. The van der Waals surface area contributed by atoms with Crippen LogP contribution in [0.1, 0.15) is 32.8 Å². The molecule has 192 valence electrons. The number of carbonyl (C=O) groups is 2. The molecule has 0 aromatic heterocycles. The van der Waals surface area contributed by atoms with E-state index in [2.05, 4.69) is 5.32 Å². The van der Waals surface area contributed by atoms with Crippen molar-refractivity contribution in [3.63, 3.8) is 0 Å². The molecule has 0 radical (unpaired) electrons. The van der Waals surface area contributed by atoms with Crippen LogP contribution in [0, 0.1) is 5.82 Å². The number of amides is 2. The van der Waals surface area contributed by atoms with Crippen molar-refractivity contribution in [2.75, 3.05) is 17.1 Å². The zero-order valence-corrected chi connectivity index (χ0v) is 22.8. The van der Waals surface area contributed by atoms with Crippen LogP contribution in [0.25, 0.3) is 0 Å². The third-order valence-corrected chi connectivity index (χ3v) is 7.57. The Morgan fingerprint density at radius 3 is 2.17 bits per heavy atom. The van der Waals surface area contributed by atoms with E-state index in [1.807, 2.05) is 13.8 Å². The molecule has 0 unspecified atom stereocenters. The van der Waals surface area contributed by atoms with Crippen LogP contribution in [-0.4, -0.2) is 50.0 Å². The molecule has 0 saturated heterocycles. The Morgan fingerprint density at radius 1 is 1.06 bits per heavy atom. The fourth-order valence-electron chi connectivity index (χ4n) is 3.16. The first-order valence-electron chi connectivity index (χ1n) is 10.7. The number of hydrogen-bond donors (Lipinski definition) is 1. The first kappa shape index (κ1) is 29.2. The first-order chi connectivity index (χ1) is 16.3. The van der Waals surface area contributed by atoms with Crippen molar-refractivity contribution < 1.29 is 22.4 Å². The summed E-state index contributed by atoms with van der Waals surface area (Å²) in [6.07, 6.45) is 1.59. The van der Waals surface area contributed by atoms with Gasteiger partial charge in [-0.2, -0.15) is 0 Å². The lowest BCUT2D eigenvalue weighted by molar-refractivity contribution is -0.139. The molecular weight excluding hydrogens is 540 g/mol. The van der Waals surface area contributed by atoms with Crippen molar-refractivity contribution in [1.82, 2.24) is 10.2 Å².